The zero-order chi connectivity index (χ0) is 16.2. The van der Waals surface area contributed by atoms with Crippen LogP contribution in [0.4, 0.5) is 17.5 Å². The van der Waals surface area contributed by atoms with Crippen LogP contribution < -0.4 is 10.6 Å². The maximum absolute atomic E-state index is 4.60. The molecule has 0 saturated carbocycles. The highest BCUT2D eigenvalue weighted by atomic mass is 15.1. The Balaban J connectivity index is 1.97. The topological polar surface area (TPSA) is 67.7 Å². The lowest BCUT2D eigenvalue weighted by atomic mass is 10.2. The van der Waals surface area contributed by atoms with E-state index in [-0.39, 0.29) is 6.04 Å². The number of nitrogens with zero attached hydrogens (tertiary/aromatic N) is 4. The van der Waals surface area contributed by atoms with Crippen molar-refractivity contribution in [3.8, 4) is 11.4 Å². The van der Waals surface area contributed by atoms with Crippen molar-refractivity contribution in [3.63, 3.8) is 0 Å². The first-order valence-electron chi connectivity index (χ1n) is 7.56. The van der Waals surface area contributed by atoms with Gasteiger partial charge in [0.1, 0.15) is 17.5 Å². The van der Waals surface area contributed by atoms with E-state index < -0.39 is 0 Å². The maximum Gasteiger partial charge on any atom is 0.163 e. The molecule has 2 heterocycles. The van der Waals surface area contributed by atoms with Crippen LogP contribution in [0.25, 0.3) is 11.4 Å². The Bertz CT molecular complexity index is 779. The molecule has 0 unspecified atom stereocenters. The Morgan fingerprint density at radius 3 is 2.39 bits per heavy atom. The van der Waals surface area contributed by atoms with E-state index in [0.717, 1.165) is 17.2 Å². The van der Waals surface area contributed by atoms with Gasteiger partial charge in [0.05, 0.1) is 6.33 Å². The van der Waals surface area contributed by atoms with Crippen LogP contribution in [0.1, 0.15) is 13.8 Å². The zero-order valence-corrected chi connectivity index (χ0v) is 13.5. The Morgan fingerprint density at radius 2 is 1.74 bits per heavy atom. The normalized spacial score (nSPS) is 10.8. The largest absolute Gasteiger partial charge is 0.368 e. The molecule has 2 aromatic heterocycles. The van der Waals surface area contributed by atoms with Crippen molar-refractivity contribution in [1.82, 2.24) is 19.5 Å². The lowest BCUT2D eigenvalue weighted by Crippen LogP contribution is -2.12. The average molecular weight is 308 g/mol. The summed E-state index contributed by atoms with van der Waals surface area (Å²) in [5.41, 5.74) is 0.976. The van der Waals surface area contributed by atoms with Gasteiger partial charge < -0.3 is 15.2 Å². The predicted molar refractivity (Wildman–Crippen MR) is 92.7 cm³/mol. The maximum atomic E-state index is 4.60. The van der Waals surface area contributed by atoms with Gasteiger partial charge in [-0.25, -0.2) is 15.0 Å². The third-order valence-electron chi connectivity index (χ3n) is 3.16. The summed E-state index contributed by atoms with van der Waals surface area (Å²) in [6, 6.07) is 12.1. The van der Waals surface area contributed by atoms with Crippen LogP contribution >= 0.6 is 0 Å². The number of nitrogens with one attached hydrogen (secondary N) is 2. The van der Waals surface area contributed by atoms with Crippen LogP contribution in [0.3, 0.4) is 0 Å². The first-order valence-corrected chi connectivity index (χ1v) is 7.56. The van der Waals surface area contributed by atoms with Gasteiger partial charge in [0.25, 0.3) is 0 Å². The SMILES string of the molecule is CC(C)Nc1cc(Nc2cn(C)cn2)nc(-c2ccccc2)n1. The molecule has 0 aliphatic carbocycles. The van der Waals surface area contributed by atoms with Crippen LogP contribution in [0, 0.1) is 0 Å². The highest BCUT2D eigenvalue weighted by molar-refractivity contribution is 5.63. The van der Waals surface area contributed by atoms with E-state index >= 15 is 0 Å². The summed E-state index contributed by atoms with van der Waals surface area (Å²) in [5, 5.41) is 6.56. The summed E-state index contributed by atoms with van der Waals surface area (Å²) >= 11 is 0. The number of aromatic nitrogens is 4. The van der Waals surface area contributed by atoms with E-state index in [1.165, 1.54) is 0 Å². The summed E-state index contributed by atoms with van der Waals surface area (Å²) in [5.74, 6) is 2.92. The molecule has 6 nitrogen and oxygen atoms in total. The fraction of sp³-hybridized carbons (Fsp3) is 0.235. The van der Waals surface area contributed by atoms with Crippen LogP contribution in [0.5, 0.6) is 0 Å². The number of imidazole rings is 1. The smallest absolute Gasteiger partial charge is 0.163 e. The Labute approximate surface area is 135 Å². The molecule has 0 saturated heterocycles. The third-order valence-corrected chi connectivity index (χ3v) is 3.16. The second kappa shape index (κ2) is 6.48. The van der Waals surface area contributed by atoms with Crippen LogP contribution in [-0.2, 0) is 7.05 Å². The Kier molecular flexibility index (Phi) is 4.23. The predicted octanol–water partition coefficient (Wildman–Crippen LogP) is 3.44. The van der Waals surface area contributed by atoms with Crippen molar-refractivity contribution in [2.75, 3.05) is 10.6 Å². The number of hydrogen-bond donors (Lipinski definition) is 2. The lowest BCUT2D eigenvalue weighted by Gasteiger charge is -2.12. The van der Waals surface area contributed by atoms with Gasteiger partial charge >= 0.3 is 0 Å². The third kappa shape index (κ3) is 3.85. The molecule has 3 rings (SSSR count). The van der Waals surface area contributed by atoms with Crippen molar-refractivity contribution in [3.05, 3.63) is 48.9 Å². The molecule has 2 N–H and O–H groups in total. The van der Waals surface area contributed by atoms with Crippen molar-refractivity contribution >= 4 is 17.5 Å². The van der Waals surface area contributed by atoms with Gasteiger partial charge in [0, 0.05) is 30.9 Å². The number of benzene rings is 1. The summed E-state index contributed by atoms with van der Waals surface area (Å²) in [6.07, 6.45) is 3.65. The monoisotopic (exact) mass is 308 g/mol. The molecule has 23 heavy (non-hydrogen) atoms. The van der Waals surface area contributed by atoms with Crippen molar-refractivity contribution in [1.29, 1.82) is 0 Å². The average Bonchev–Trinajstić information content (AvgIpc) is 2.92. The van der Waals surface area contributed by atoms with Crippen LogP contribution in [-0.4, -0.2) is 25.6 Å². The van der Waals surface area contributed by atoms with Crippen molar-refractivity contribution in [2.45, 2.75) is 19.9 Å². The Hall–Kier alpha value is -2.89. The standard InChI is InChI=1S/C17H20N6/c1-12(2)19-14-9-15(20-16-10-23(3)11-18-16)22-17(21-14)13-7-5-4-6-8-13/h4-12H,1-3H3,(H2,19,20,21,22). The number of anilines is 3. The molecule has 118 valence electrons. The lowest BCUT2D eigenvalue weighted by molar-refractivity contribution is 0.887. The minimum atomic E-state index is 0.288. The van der Waals surface area contributed by atoms with Gasteiger partial charge in [-0.2, -0.15) is 0 Å². The molecule has 0 radical (unpaired) electrons. The van der Waals surface area contributed by atoms with Gasteiger partial charge in [-0.05, 0) is 13.8 Å². The molecule has 0 fully saturated rings. The van der Waals surface area contributed by atoms with E-state index in [1.54, 1.807) is 6.33 Å². The van der Waals surface area contributed by atoms with Crippen molar-refractivity contribution in [2.24, 2.45) is 7.05 Å². The molecule has 0 aliphatic heterocycles. The van der Waals surface area contributed by atoms with E-state index in [2.05, 4.69) is 39.4 Å². The van der Waals surface area contributed by atoms with Crippen molar-refractivity contribution < 1.29 is 0 Å². The minimum absolute atomic E-state index is 0.288. The summed E-state index contributed by atoms with van der Waals surface area (Å²) in [7, 11) is 1.93. The first-order chi connectivity index (χ1) is 11.1. The quantitative estimate of drug-likeness (QED) is 0.755. The number of hydrogen-bond acceptors (Lipinski definition) is 5. The molecule has 0 amide bonds. The molecular weight excluding hydrogens is 288 g/mol. The molecule has 0 atom stereocenters. The Morgan fingerprint density at radius 1 is 1.00 bits per heavy atom. The summed E-state index contributed by atoms with van der Waals surface area (Å²) in [6.45, 7) is 4.16. The van der Waals surface area contributed by atoms with E-state index in [4.69, 9.17) is 0 Å². The number of rotatable bonds is 5. The van der Waals surface area contributed by atoms with Gasteiger partial charge in [-0.1, -0.05) is 30.3 Å². The van der Waals surface area contributed by atoms with E-state index in [0.29, 0.717) is 11.6 Å². The van der Waals surface area contributed by atoms with Gasteiger partial charge in [0.2, 0.25) is 0 Å². The highest BCUT2D eigenvalue weighted by Gasteiger charge is 2.09. The second-order valence-electron chi connectivity index (χ2n) is 5.68. The van der Waals surface area contributed by atoms with E-state index in [1.807, 2.05) is 54.2 Å². The fourth-order valence-electron chi connectivity index (χ4n) is 2.21. The molecule has 0 spiro atoms. The molecule has 0 bridgehead atoms. The molecular formula is C17H20N6. The molecule has 6 heteroatoms. The molecule has 3 aromatic rings. The fourth-order valence-corrected chi connectivity index (χ4v) is 2.21. The van der Waals surface area contributed by atoms with Crippen LogP contribution in [0.15, 0.2) is 48.9 Å². The second-order valence-corrected chi connectivity index (χ2v) is 5.68. The van der Waals surface area contributed by atoms with E-state index in [9.17, 15) is 0 Å². The van der Waals surface area contributed by atoms with Gasteiger partial charge in [-0.15, -0.1) is 0 Å². The molecule has 1 aromatic carbocycles. The van der Waals surface area contributed by atoms with Crippen LogP contribution in [0.2, 0.25) is 0 Å². The highest BCUT2D eigenvalue weighted by Crippen LogP contribution is 2.22. The molecule has 0 aliphatic rings. The zero-order valence-electron chi connectivity index (χ0n) is 13.5. The first kappa shape index (κ1) is 15.0. The minimum Gasteiger partial charge on any atom is -0.368 e. The summed E-state index contributed by atoms with van der Waals surface area (Å²) < 4.78 is 1.88. The summed E-state index contributed by atoms with van der Waals surface area (Å²) in [4.78, 5) is 13.5. The number of aryl methyl sites for hydroxylation is 1. The van der Waals surface area contributed by atoms with Gasteiger partial charge in [-0.3, -0.25) is 0 Å². The van der Waals surface area contributed by atoms with Gasteiger partial charge in [0.15, 0.2) is 5.82 Å².